The van der Waals surface area contributed by atoms with E-state index in [1.165, 1.54) is 22.2 Å². The number of hydrogen-bond acceptors (Lipinski definition) is 5. The first-order valence-corrected chi connectivity index (χ1v) is 12.5. The lowest BCUT2D eigenvalue weighted by molar-refractivity contribution is 0.102. The molecule has 0 saturated carbocycles. The summed E-state index contributed by atoms with van der Waals surface area (Å²) < 4.78 is 2.00. The maximum Gasteiger partial charge on any atom is 0.196 e. The van der Waals surface area contributed by atoms with Crippen LogP contribution in [-0.2, 0) is 5.75 Å². The minimum Gasteiger partial charge on any atom is -0.293 e. The Labute approximate surface area is 205 Å². The predicted molar refractivity (Wildman–Crippen MR) is 134 cm³/mol. The van der Waals surface area contributed by atoms with E-state index in [0.29, 0.717) is 26.5 Å². The van der Waals surface area contributed by atoms with Crippen LogP contribution in [0.1, 0.15) is 21.7 Å². The van der Waals surface area contributed by atoms with E-state index in [-0.39, 0.29) is 11.5 Å². The zero-order valence-electron chi connectivity index (χ0n) is 17.2. The summed E-state index contributed by atoms with van der Waals surface area (Å²) in [6.45, 7) is 2.07. The first-order valence-electron chi connectivity index (χ1n) is 9.81. The quantitative estimate of drug-likeness (QED) is 0.190. The van der Waals surface area contributed by atoms with E-state index in [0.717, 1.165) is 11.5 Å². The second kappa shape index (κ2) is 10.6. The molecule has 0 bridgehead atoms. The van der Waals surface area contributed by atoms with Crippen LogP contribution >= 0.6 is 46.7 Å². The highest BCUT2D eigenvalue weighted by Gasteiger charge is 2.18. The van der Waals surface area contributed by atoms with Crippen LogP contribution in [0.15, 0.2) is 82.8 Å². The fraction of sp³-hybridized carbons (Fsp3) is 0.125. The van der Waals surface area contributed by atoms with Crippen LogP contribution in [0.3, 0.4) is 0 Å². The van der Waals surface area contributed by atoms with Gasteiger partial charge < -0.3 is 0 Å². The molecule has 1 aromatic heterocycles. The van der Waals surface area contributed by atoms with E-state index >= 15 is 0 Å². The van der Waals surface area contributed by atoms with E-state index in [1.807, 2.05) is 34.9 Å². The largest absolute Gasteiger partial charge is 0.293 e. The number of thioether (sulfide) groups is 2. The Balaban J connectivity index is 1.55. The number of halogens is 2. The van der Waals surface area contributed by atoms with E-state index < -0.39 is 0 Å². The SMILES string of the molecule is Cc1ccc(SCc2nnc(SCC(=O)c3ccc(Cl)cc3Cl)n2-c2ccccc2)cc1. The second-order valence-electron chi connectivity index (χ2n) is 7.01. The number of hydrogen-bond donors (Lipinski definition) is 0. The van der Waals surface area contributed by atoms with Crippen molar-refractivity contribution >= 4 is 52.5 Å². The molecule has 0 aliphatic rings. The maximum absolute atomic E-state index is 12.7. The minimum atomic E-state index is -0.0881. The van der Waals surface area contributed by atoms with Gasteiger partial charge in [-0.3, -0.25) is 9.36 Å². The second-order valence-corrected chi connectivity index (χ2v) is 9.84. The van der Waals surface area contributed by atoms with Crippen molar-refractivity contribution in [3.05, 3.63) is 99.8 Å². The number of carbonyl (C=O) groups is 1. The molecule has 0 aliphatic carbocycles. The fourth-order valence-electron chi connectivity index (χ4n) is 3.03. The van der Waals surface area contributed by atoms with Crippen LogP contribution in [0.25, 0.3) is 5.69 Å². The van der Waals surface area contributed by atoms with E-state index in [2.05, 4.69) is 41.4 Å². The molecule has 0 aliphatic heterocycles. The van der Waals surface area contributed by atoms with Crippen LogP contribution in [0.2, 0.25) is 10.0 Å². The Bertz CT molecular complexity index is 1230. The lowest BCUT2D eigenvalue weighted by Crippen LogP contribution is -2.06. The highest BCUT2D eigenvalue weighted by atomic mass is 35.5. The third-order valence-corrected chi connectivity index (χ3v) is 7.15. The van der Waals surface area contributed by atoms with Crippen molar-refractivity contribution in [1.29, 1.82) is 0 Å². The Morgan fingerprint density at radius 1 is 0.938 bits per heavy atom. The molecule has 162 valence electrons. The average Bonchev–Trinajstić information content (AvgIpc) is 3.20. The van der Waals surface area contributed by atoms with Crippen molar-refractivity contribution in [3.63, 3.8) is 0 Å². The number of carbonyl (C=O) groups excluding carboxylic acids is 1. The summed E-state index contributed by atoms with van der Waals surface area (Å²) in [5.74, 6) is 1.58. The summed E-state index contributed by atoms with van der Waals surface area (Å²) in [6.07, 6.45) is 0. The van der Waals surface area contributed by atoms with Gasteiger partial charge in [0.25, 0.3) is 0 Å². The number of ketones is 1. The smallest absolute Gasteiger partial charge is 0.196 e. The molecule has 32 heavy (non-hydrogen) atoms. The number of nitrogens with zero attached hydrogens (tertiary/aromatic N) is 3. The lowest BCUT2D eigenvalue weighted by atomic mass is 10.1. The van der Waals surface area contributed by atoms with Gasteiger partial charge in [0.15, 0.2) is 10.9 Å². The molecular weight excluding hydrogens is 481 g/mol. The van der Waals surface area contributed by atoms with Gasteiger partial charge in [0.1, 0.15) is 5.82 Å². The normalized spacial score (nSPS) is 11.0. The summed E-state index contributed by atoms with van der Waals surface area (Å²) in [6, 6.07) is 23.2. The number of para-hydroxylation sites is 1. The number of Topliss-reactive ketones (excluding diaryl/α,β-unsaturated/α-hetero) is 1. The third kappa shape index (κ3) is 5.56. The van der Waals surface area contributed by atoms with Crippen molar-refractivity contribution in [3.8, 4) is 5.69 Å². The van der Waals surface area contributed by atoms with Crippen molar-refractivity contribution in [1.82, 2.24) is 14.8 Å². The first-order chi connectivity index (χ1) is 15.5. The lowest BCUT2D eigenvalue weighted by Gasteiger charge is -2.10. The topological polar surface area (TPSA) is 47.8 Å². The Morgan fingerprint density at radius 3 is 2.41 bits per heavy atom. The predicted octanol–water partition coefficient (Wildman–Crippen LogP) is 7.15. The van der Waals surface area contributed by atoms with Gasteiger partial charge >= 0.3 is 0 Å². The van der Waals surface area contributed by atoms with Gasteiger partial charge in [-0.1, -0.05) is 70.9 Å². The van der Waals surface area contributed by atoms with Crippen molar-refractivity contribution in [2.45, 2.75) is 22.7 Å². The monoisotopic (exact) mass is 499 g/mol. The number of aryl methyl sites for hydroxylation is 1. The molecule has 0 radical (unpaired) electrons. The molecular formula is C24H19Cl2N3OS2. The van der Waals surface area contributed by atoms with E-state index in [9.17, 15) is 4.79 Å². The maximum atomic E-state index is 12.7. The molecule has 1 heterocycles. The molecule has 3 aromatic carbocycles. The van der Waals surface area contributed by atoms with Gasteiger partial charge in [-0.05, 0) is 49.4 Å². The molecule has 0 unspecified atom stereocenters. The van der Waals surface area contributed by atoms with Gasteiger partial charge in [-0.25, -0.2) is 0 Å². The van der Waals surface area contributed by atoms with Gasteiger partial charge in [0, 0.05) is 21.2 Å². The van der Waals surface area contributed by atoms with Crippen molar-refractivity contribution < 1.29 is 4.79 Å². The van der Waals surface area contributed by atoms with Crippen LogP contribution < -0.4 is 0 Å². The van der Waals surface area contributed by atoms with Crippen LogP contribution in [0, 0.1) is 6.92 Å². The molecule has 4 aromatic rings. The first kappa shape index (κ1) is 22.9. The zero-order chi connectivity index (χ0) is 22.5. The molecule has 4 nitrogen and oxygen atoms in total. The molecule has 0 fully saturated rings. The summed E-state index contributed by atoms with van der Waals surface area (Å²) in [5, 5.41) is 10.3. The molecule has 0 N–H and O–H groups in total. The van der Waals surface area contributed by atoms with E-state index in [4.69, 9.17) is 23.2 Å². The van der Waals surface area contributed by atoms with Crippen molar-refractivity contribution in [2.24, 2.45) is 0 Å². The van der Waals surface area contributed by atoms with Gasteiger partial charge in [-0.15, -0.1) is 22.0 Å². The Morgan fingerprint density at radius 2 is 1.69 bits per heavy atom. The Kier molecular flexibility index (Phi) is 7.58. The summed E-state index contributed by atoms with van der Waals surface area (Å²) >= 11 is 15.2. The van der Waals surface area contributed by atoms with Crippen LogP contribution in [0.5, 0.6) is 0 Å². The van der Waals surface area contributed by atoms with Gasteiger partial charge in [0.05, 0.1) is 16.5 Å². The molecule has 0 amide bonds. The summed E-state index contributed by atoms with van der Waals surface area (Å²) in [5.41, 5.74) is 2.63. The Hall–Kier alpha value is -2.25. The van der Waals surface area contributed by atoms with Crippen LogP contribution in [-0.4, -0.2) is 26.3 Å². The highest BCUT2D eigenvalue weighted by molar-refractivity contribution is 7.99. The van der Waals surface area contributed by atoms with Crippen LogP contribution in [0.4, 0.5) is 0 Å². The average molecular weight is 500 g/mol. The highest BCUT2D eigenvalue weighted by Crippen LogP contribution is 2.29. The molecule has 0 atom stereocenters. The molecule has 0 spiro atoms. The fourth-order valence-corrected chi connectivity index (χ4v) is 5.21. The van der Waals surface area contributed by atoms with E-state index in [1.54, 1.807) is 30.0 Å². The molecule has 8 heteroatoms. The number of benzene rings is 3. The summed E-state index contributed by atoms with van der Waals surface area (Å²) in [4.78, 5) is 13.9. The number of aromatic nitrogens is 3. The number of rotatable bonds is 8. The third-order valence-electron chi connectivity index (χ3n) is 4.67. The molecule has 0 saturated heterocycles. The van der Waals surface area contributed by atoms with Crippen molar-refractivity contribution in [2.75, 3.05) is 5.75 Å². The standard InChI is InChI=1S/C24H19Cl2N3OS2/c1-16-7-10-19(11-8-16)31-15-23-27-28-24(29(23)18-5-3-2-4-6-18)32-14-22(30)20-12-9-17(25)13-21(20)26/h2-13H,14-15H2,1H3. The zero-order valence-corrected chi connectivity index (χ0v) is 20.3. The summed E-state index contributed by atoms with van der Waals surface area (Å²) in [7, 11) is 0. The van der Waals surface area contributed by atoms with Gasteiger partial charge in [0.2, 0.25) is 0 Å². The molecule has 4 rings (SSSR count). The van der Waals surface area contributed by atoms with Gasteiger partial charge in [-0.2, -0.15) is 0 Å². The minimum absolute atomic E-state index is 0.0881.